The molecule has 4 aromatic rings. The summed E-state index contributed by atoms with van der Waals surface area (Å²) in [6, 6.07) is 20.7. The van der Waals surface area contributed by atoms with Crippen LogP contribution in [-0.4, -0.2) is 66.1 Å². The third kappa shape index (κ3) is 5.26. The molecule has 1 aliphatic heterocycles. The van der Waals surface area contributed by atoms with Crippen molar-refractivity contribution in [2.75, 3.05) is 26.7 Å². The van der Waals surface area contributed by atoms with Crippen molar-refractivity contribution in [2.24, 2.45) is 16.1 Å². The Labute approximate surface area is 264 Å². The molecule has 45 heavy (non-hydrogen) atoms. The van der Waals surface area contributed by atoms with E-state index in [1.54, 1.807) is 28.2 Å². The summed E-state index contributed by atoms with van der Waals surface area (Å²) in [4.78, 5) is 0. The molecule has 0 spiro atoms. The number of benzene rings is 3. The summed E-state index contributed by atoms with van der Waals surface area (Å²) in [6.07, 6.45) is 3.84. The van der Waals surface area contributed by atoms with Crippen LogP contribution in [0.2, 0.25) is 0 Å². The second-order valence-corrected chi connectivity index (χ2v) is 14.3. The molecule has 0 amide bonds. The summed E-state index contributed by atoms with van der Waals surface area (Å²) in [7, 11) is -2.13. The first-order valence-corrected chi connectivity index (χ1v) is 16.7. The number of aryl methyl sites for hydroxylation is 1. The van der Waals surface area contributed by atoms with Gasteiger partial charge in [0.1, 0.15) is 5.82 Å². The van der Waals surface area contributed by atoms with E-state index in [2.05, 4.69) is 53.2 Å². The molecule has 9 nitrogen and oxygen atoms in total. The van der Waals surface area contributed by atoms with E-state index in [9.17, 15) is 12.8 Å². The Kier molecular flexibility index (Phi) is 8.13. The minimum absolute atomic E-state index is 0.00714. The maximum Gasteiger partial charge on any atom is 0.258 e. The Morgan fingerprint density at radius 3 is 2.58 bits per heavy atom. The summed E-state index contributed by atoms with van der Waals surface area (Å²) in [5, 5.41) is 15.1. The molecule has 0 N–H and O–H groups in total. The smallest absolute Gasteiger partial charge is 0.258 e. The summed E-state index contributed by atoms with van der Waals surface area (Å²) < 4.78 is 51.4. The average molecular weight is 631 g/mol. The van der Waals surface area contributed by atoms with Crippen LogP contribution in [0.4, 0.5) is 4.39 Å². The third-order valence-electron chi connectivity index (χ3n) is 9.61. The highest BCUT2D eigenvalue weighted by molar-refractivity contribution is 8.04. The van der Waals surface area contributed by atoms with Gasteiger partial charge in [-0.25, -0.2) is 17.5 Å². The van der Waals surface area contributed by atoms with Crippen LogP contribution in [0, 0.1) is 18.7 Å². The van der Waals surface area contributed by atoms with Gasteiger partial charge in [0.15, 0.2) is 5.04 Å². The van der Waals surface area contributed by atoms with Crippen LogP contribution in [0.3, 0.4) is 0 Å². The molecule has 0 bridgehead atoms. The Balaban J connectivity index is 1.46. The number of fused-ring (bicyclic) bond motifs is 2. The lowest BCUT2D eigenvalue weighted by molar-refractivity contribution is -0.0182. The van der Waals surface area contributed by atoms with Crippen molar-refractivity contribution in [1.82, 2.24) is 19.2 Å². The number of rotatable bonds is 9. The number of nitrogens with zero attached hydrogens (tertiary/aromatic N) is 6. The maximum atomic E-state index is 14.0. The molecular weight excluding hydrogens is 591 g/mol. The molecule has 6 rings (SSSR count). The maximum absolute atomic E-state index is 14.0. The molecule has 1 aliphatic carbocycles. The number of hydrazone groups is 2. The van der Waals surface area contributed by atoms with E-state index >= 15 is 0 Å². The minimum atomic E-state index is -3.88. The Bertz CT molecular complexity index is 1860. The SMILES string of the molecule is C=NN(CCC)/N=C(\C)S(=O)(=O)N1CC2CC(OC)(c3ccccc3)CC2(c2cc3cnn(-c4ccc(F)cc4)c3cc2C)C1. The van der Waals surface area contributed by atoms with Crippen LogP contribution in [0.5, 0.6) is 0 Å². The van der Waals surface area contributed by atoms with Crippen molar-refractivity contribution >= 4 is 32.7 Å². The summed E-state index contributed by atoms with van der Waals surface area (Å²) in [5.41, 5.74) is 3.76. The van der Waals surface area contributed by atoms with Crippen molar-refractivity contribution in [2.45, 2.75) is 51.0 Å². The van der Waals surface area contributed by atoms with E-state index in [4.69, 9.17) is 4.74 Å². The monoisotopic (exact) mass is 630 g/mol. The number of aromatic nitrogens is 2. The molecule has 1 saturated heterocycles. The topological polar surface area (TPSA) is 92.4 Å². The van der Waals surface area contributed by atoms with E-state index in [0.29, 0.717) is 32.5 Å². The van der Waals surface area contributed by atoms with Gasteiger partial charge in [-0.2, -0.15) is 19.6 Å². The van der Waals surface area contributed by atoms with Gasteiger partial charge in [-0.3, -0.25) is 0 Å². The lowest BCUT2D eigenvalue weighted by Crippen LogP contribution is -2.40. The molecule has 1 saturated carbocycles. The number of methoxy groups -OCH3 is 1. The van der Waals surface area contributed by atoms with Crippen LogP contribution >= 0.6 is 0 Å². The van der Waals surface area contributed by atoms with Gasteiger partial charge in [-0.05, 0) is 92.1 Å². The second kappa shape index (κ2) is 11.8. The fourth-order valence-electron chi connectivity index (χ4n) is 7.44. The van der Waals surface area contributed by atoms with Crippen LogP contribution in [-0.2, 0) is 25.8 Å². The van der Waals surface area contributed by atoms with Crippen LogP contribution in [0.15, 0.2) is 83.1 Å². The molecule has 3 atom stereocenters. The first-order chi connectivity index (χ1) is 21.6. The van der Waals surface area contributed by atoms with E-state index in [1.807, 2.05) is 31.3 Å². The van der Waals surface area contributed by atoms with Gasteiger partial charge >= 0.3 is 0 Å². The fraction of sp³-hybridized carbons (Fsp3) is 0.382. The van der Waals surface area contributed by atoms with Crippen molar-refractivity contribution < 1.29 is 17.5 Å². The Hall–Kier alpha value is -3.93. The third-order valence-corrected chi connectivity index (χ3v) is 11.4. The molecule has 1 aromatic heterocycles. The second-order valence-electron chi connectivity index (χ2n) is 12.2. The van der Waals surface area contributed by atoms with Gasteiger partial charge in [0, 0.05) is 37.7 Å². The molecule has 11 heteroatoms. The standard InChI is InChI=1S/C34H39FN6O3S/c1-6-16-40(36-4)38-25(3)45(42,43)39-21-28-19-34(44-5,27-10-8-7-9-11-27)22-33(28,23-39)31-18-26-20-37-41(32(26)17-24(31)2)30-14-12-29(35)13-15-30/h7-15,17-18,20,28H,4,6,16,19,21-23H2,1-3,5H3/b38-25+. The highest BCUT2D eigenvalue weighted by Crippen LogP contribution is 2.60. The van der Waals surface area contributed by atoms with Gasteiger partial charge in [-0.15, -0.1) is 5.10 Å². The number of sulfonamides is 1. The predicted octanol–water partition coefficient (Wildman–Crippen LogP) is 5.97. The molecule has 236 valence electrons. The molecule has 0 radical (unpaired) electrons. The summed E-state index contributed by atoms with van der Waals surface area (Å²) >= 11 is 0. The predicted molar refractivity (Wildman–Crippen MR) is 175 cm³/mol. The molecule has 2 aliphatic rings. The highest BCUT2D eigenvalue weighted by atomic mass is 32.2. The zero-order valence-electron chi connectivity index (χ0n) is 26.1. The largest absolute Gasteiger partial charge is 0.373 e. The lowest BCUT2D eigenvalue weighted by atomic mass is 9.72. The van der Waals surface area contributed by atoms with Gasteiger partial charge in [0.25, 0.3) is 10.0 Å². The zero-order chi connectivity index (χ0) is 32.0. The molecule has 3 aromatic carbocycles. The van der Waals surface area contributed by atoms with E-state index in [-0.39, 0.29) is 16.8 Å². The first-order valence-electron chi connectivity index (χ1n) is 15.2. The molecule has 2 fully saturated rings. The van der Waals surface area contributed by atoms with Crippen LogP contribution in [0.25, 0.3) is 16.6 Å². The highest BCUT2D eigenvalue weighted by Gasteiger charge is 2.62. The van der Waals surface area contributed by atoms with Crippen molar-refractivity contribution in [3.8, 4) is 5.69 Å². The van der Waals surface area contributed by atoms with Crippen molar-refractivity contribution in [3.63, 3.8) is 0 Å². The van der Waals surface area contributed by atoms with Gasteiger partial charge in [0.2, 0.25) is 0 Å². The zero-order valence-corrected chi connectivity index (χ0v) is 27.0. The molecule has 3 unspecified atom stereocenters. The summed E-state index contributed by atoms with van der Waals surface area (Å²) in [5.74, 6) is -0.326. The Morgan fingerprint density at radius 1 is 1.18 bits per heavy atom. The molecule has 2 heterocycles. The van der Waals surface area contributed by atoms with E-state index < -0.39 is 21.0 Å². The van der Waals surface area contributed by atoms with E-state index in [0.717, 1.165) is 39.7 Å². The van der Waals surface area contributed by atoms with Crippen LogP contribution < -0.4 is 0 Å². The minimum Gasteiger partial charge on any atom is -0.373 e. The number of halogens is 1. The fourth-order valence-corrected chi connectivity index (χ4v) is 8.79. The quantitative estimate of drug-likeness (QED) is 0.129. The van der Waals surface area contributed by atoms with Gasteiger partial charge in [0.05, 0.1) is 29.5 Å². The molecular formula is C34H39FN6O3S. The summed E-state index contributed by atoms with van der Waals surface area (Å²) in [6.45, 7) is 10.2. The first kappa shape index (κ1) is 31.1. The van der Waals surface area contributed by atoms with Crippen LogP contribution in [0.1, 0.15) is 49.8 Å². The number of hydrogen-bond donors (Lipinski definition) is 0. The number of hydrogen-bond acceptors (Lipinski definition) is 7. The lowest BCUT2D eigenvalue weighted by Gasteiger charge is -2.35. The van der Waals surface area contributed by atoms with Gasteiger partial charge in [-0.1, -0.05) is 37.3 Å². The van der Waals surface area contributed by atoms with Crippen molar-refractivity contribution in [3.05, 3.63) is 95.4 Å². The van der Waals surface area contributed by atoms with Gasteiger partial charge < -0.3 is 4.74 Å². The number of ether oxygens (including phenoxy) is 1. The Morgan fingerprint density at radius 2 is 1.91 bits per heavy atom. The van der Waals surface area contributed by atoms with E-state index in [1.165, 1.54) is 24.2 Å². The normalized spacial score (nSPS) is 23.8. The van der Waals surface area contributed by atoms with Crippen molar-refractivity contribution in [1.29, 1.82) is 0 Å². The average Bonchev–Trinajstić information content (AvgIpc) is 3.71.